The van der Waals surface area contributed by atoms with Gasteiger partial charge in [0, 0.05) is 11.9 Å². The highest BCUT2D eigenvalue weighted by Gasteiger charge is 2.17. The van der Waals surface area contributed by atoms with Crippen LogP contribution in [0.5, 0.6) is 17.2 Å². The minimum atomic E-state index is 0.283. The topological polar surface area (TPSA) is 93.1 Å². The van der Waals surface area contributed by atoms with E-state index in [0.717, 1.165) is 46.0 Å². The number of ether oxygens (including phenoxy) is 3. The summed E-state index contributed by atoms with van der Waals surface area (Å²) in [6.07, 6.45) is 0. The number of nitrogens with one attached hydrogen (secondary N) is 2. The first-order chi connectivity index (χ1) is 14.7. The van der Waals surface area contributed by atoms with Gasteiger partial charge in [0.2, 0.25) is 18.7 Å². The summed E-state index contributed by atoms with van der Waals surface area (Å²) in [7, 11) is 1.64. The quantitative estimate of drug-likeness (QED) is 0.683. The molecule has 3 aromatic rings. The van der Waals surface area contributed by atoms with Crippen molar-refractivity contribution in [2.45, 2.75) is 13.5 Å². The molecular formula is C21H22N6O3. The third kappa shape index (κ3) is 3.55. The molecule has 0 amide bonds. The summed E-state index contributed by atoms with van der Waals surface area (Å²) in [6, 6.07) is 11.8. The lowest BCUT2D eigenvalue weighted by Crippen LogP contribution is -2.45. The number of aliphatic imine (C=N–C) groups is 1. The average molecular weight is 406 g/mol. The molecule has 5 rings (SSSR count). The molecule has 0 saturated heterocycles. The second-order valence-electron chi connectivity index (χ2n) is 7.11. The molecule has 1 aromatic heterocycles. The van der Waals surface area contributed by atoms with Crippen LogP contribution in [0.15, 0.2) is 41.4 Å². The van der Waals surface area contributed by atoms with E-state index < -0.39 is 0 Å². The van der Waals surface area contributed by atoms with Crippen LogP contribution in [0.3, 0.4) is 0 Å². The summed E-state index contributed by atoms with van der Waals surface area (Å²) in [5.41, 5.74) is 2.80. The van der Waals surface area contributed by atoms with Crippen LogP contribution >= 0.6 is 0 Å². The molecule has 3 heterocycles. The maximum absolute atomic E-state index is 5.45. The number of rotatable bonds is 4. The highest BCUT2D eigenvalue weighted by Crippen LogP contribution is 2.32. The van der Waals surface area contributed by atoms with Crippen molar-refractivity contribution in [3.05, 3.63) is 47.7 Å². The minimum Gasteiger partial charge on any atom is -0.494 e. The number of para-hydroxylation sites is 1. The summed E-state index contributed by atoms with van der Waals surface area (Å²) < 4.78 is 16.3. The van der Waals surface area contributed by atoms with Gasteiger partial charge in [-0.25, -0.2) is 15.0 Å². The van der Waals surface area contributed by atoms with E-state index in [9.17, 15) is 0 Å². The first-order valence-electron chi connectivity index (χ1n) is 9.67. The molecule has 154 valence electrons. The molecule has 2 N–H and O–H groups in total. The SMILES string of the molecule is COc1cccc2c(C)nc(NC3=NCN(Cc4ccc5c(c4)OCO5)CN3)nc12. The molecule has 2 aliphatic heterocycles. The van der Waals surface area contributed by atoms with E-state index in [2.05, 4.69) is 30.5 Å². The van der Waals surface area contributed by atoms with Crippen LogP contribution in [-0.4, -0.2) is 48.1 Å². The fraction of sp³-hybridized carbons (Fsp3) is 0.286. The normalized spacial score (nSPS) is 15.6. The molecule has 0 unspecified atom stereocenters. The molecule has 2 aromatic carbocycles. The Morgan fingerprint density at radius 2 is 2.07 bits per heavy atom. The molecule has 0 saturated carbocycles. The summed E-state index contributed by atoms with van der Waals surface area (Å²) in [6.45, 7) is 4.20. The van der Waals surface area contributed by atoms with Crippen molar-refractivity contribution in [2.75, 3.05) is 32.6 Å². The van der Waals surface area contributed by atoms with Gasteiger partial charge >= 0.3 is 0 Å². The molecule has 9 heteroatoms. The van der Waals surface area contributed by atoms with Gasteiger partial charge in [-0.05, 0) is 30.7 Å². The standard InChI is InChI=1S/C21H22N6O3/c1-13-15-4-3-5-17(28-2)19(15)25-21(24-13)26-20-22-10-27(11-23-20)9-14-6-7-16-18(8-14)30-12-29-16/h3-8H,9-12H2,1-2H3,(H2,22,23,24,25,26). The van der Waals surface area contributed by atoms with Crippen LogP contribution < -0.4 is 24.8 Å². The third-order valence-electron chi connectivity index (χ3n) is 5.07. The number of anilines is 1. The molecule has 0 fully saturated rings. The molecule has 0 spiro atoms. The zero-order valence-electron chi connectivity index (χ0n) is 16.8. The van der Waals surface area contributed by atoms with Crippen LogP contribution in [0.25, 0.3) is 10.9 Å². The van der Waals surface area contributed by atoms with Crippen molar-refractivity contribution < 1.29 is 14.2 Å². The van der Waals surface area contributed by atoms with Gasteiger partial charge in [-0.1, -0.05) is 18.2 Å². The van der Waals surface area contributed by atoms with E-state index in [0.29, 0.717) is 25.2 Å². The number of benzene rings is 2. The molecule has 0 bridgehead atoms. The van der Waals surface area contributed by atoms with Crippen molar-refractivity contribution in [1.29, 1.82) is 0 Å². The van der Waals surface area contributed by atoms with Gasteiger partial charge in [-0.2, -0.15) is 0 Å². The molecule has 0 atom stereocenters. The fourth-order valence-corrected chi connectivity index (χ4v) is 3.56. The molecule has 9 nitrogen and oxygen atoms in total. The number of aromatic nitrogens is 2. The second kappa shape index (κ2) is 7.68. The largest absolute Gasteiger partial charge is 0.494 e. The van der Waals surface area contributed by atoms with E-state index in [1.807, 2.05) is 43.3 Å². The third-order valence-corrected chi connectivity index (χ3v) is 5.07. The lowest BCUT2D eigenvalue weighted by atomic mass is 10.2. The van der Waals surface area contributed by atoms with Crippen molar-refractivity contribution in [1.82, 2.24) is 20.2 Å². The number of nitrogens with zero attached hydrogens (tertiary/aromatic N) is 4. The zero-order chi connectivity index (χ0) is 20.5. The molecular weight excluding hydrogens is 384 g/mol. The minimum absolute atomic E-state index is 0.283. The number of fused-ring (bicyclic) bond motifs is 2. The van der Waals surface area contributed by atoms with Crippen LogP contribution in [0.4, 0.5) is 5.95 Å². The summed E-state index contributed by atoms with van der Waals surface area (Å²) in [5.74, 6) is 3.44. The molecule has 0 radical (unpaired) electrons. The van der Waals surface area contributed by atoms with Crippen LogP contribution in [0.1, 0.15) is 11.3 Å². The number of guanidine groups is 1. The number of aryl methyl sites for hydroxylation is 1. The van der Waals surface area contributed by atoms with Gasteiger partial charge < -0.3 is 19.5 Å². The number of methoxy groups -OCH3 is 1. The molecule has 2 aliphatic rings. The van der Waals surface area contributed by atoms with Gasteiger partial charge in [0.05, 0.1) is 26.1 Å². The summed E-state index contributed by atoms with van der Waals surface area (Å²) in [5, 5.41) is 7.43. The van der Waals surface area contributed by atoms with E-state index in [1.54, 1.807) is 7.11 Å². The van der Waals surface area contributed by atoms with Crippen molar-refractivity contribution in [3.63, 3.8) is 0 Å². The van der Waals surface area contributed by atoms with E-state index >= 15 is 0 Å². The Labute approximate surface area is 173 Å². The predicted molar refractivity (Wildman–Crippen MR) is 113 cm³/mol. The average Bonchev–Trinajstić information content (AvgIpc) is 3.23. The Morgan fingerprint density at radius 3 is 2.90 bits per heavy atom. The smallest absolute Gasteiger partial charge is 0.231 e. The van der Waals surface area contributed by atoms with E-state index in [4.69, 9.17) is 14.2 Å². The van der Waals surface area contributed by atoms with Gasteiger partial charge in [0.25, 0.3) is 0 Å². The lowest BCUT2D eigenvalue weighted by Gasteiger charge is -2.27. The zero-order valence-corrected chi connectivity index (χ0v) is 16.8. The maximum Gasteiger partial charge on any atom is 0.231 e. The Kier molecular flexibility index (Phi) is 4.72. The number of hydrogen-bond donors (Lipinski definition) is 2. The van der Waals surface area contributed by atoms with E-state index in [-0.39, 0.29) is 6.79 Å². The Hall–Kier alpha value is -3.59. The van der Waals surface area contributed by atoms with Crippen LogP contribution in [0.2, 0.25) is 0 Å². The van der Waals surface area contributed by atoms with Gasteiger partial charge in [-0.3, -0.25) is 10.2 Å². The van der Waals surface area contributed by atoms with Crippen molar-refractivity contribution in [3.8, 4) is 17.2 Å². The Morgan fingerprint density at radius 1 is 1.17 bits per heavy atom. The monoisotopic (exact) mass is 406 g/mol. The van der Waals surface area contributed by atoms with Gasteiger partial charge in [0.1, 0.15) is 11.3 Å². The Bertz CT molecular complexity index is 1130. The highest BCUT2D eigenvalue weighted by atomic mass is 16.7. The van der Waals surface area contributed by atoms with E-state index in [1.165, 1.54) is 0 Å². The van der Waals surface area contributed by atoms with Crippen LogP contribution in [0, 0.1) is 6.92 Å². The first-order valence-corrected chi connectivity index (χ1v) is 9.67. The van der Waals surface area contributed by atoms with Gasteiger partial charge in [-0.15, -0.1) is 0 Å². The number of hydrogen-bond acceptors (Lipinski definition) is 9. The molecule has 0 aliphatic carbocycles. The Balaban J connectivity index is 1.27. The van der Waals surface area contributed by atoms with Crippen LogP contribution in [-0.2, 0) is 6.54 Å². The summed E-state index contributed by atoms with van der Waals surface area (Å²) in [4.78, 5) is 15.9. The van der Waals surface area contributed by atoms with Gasteiger partial charge in [0.15, 0.2) is 11.5 Å². The summed E-state index contributed by atoms with van der Waals surface area (Å²) >= 11 is 0. The molecule has 30 heavy (non-hydrogen) atoms. The second-order valence-corrected chi connectivity index (χ2v) is 7.11. The fourth-order valence-electron chi connectivity index (χ4n) is 3.56. The highest BCUT2D eigenvalue weighted by molar-refractivity contribution is 5.94. The first kappa shape index (κ1) is 18.4. The van der Waals surface area contributed by atoms with Crippen molar-refractivity contribution in [2.24, 2.45) is 4.99 Å². The maximum atomic E-state index is 5.45. The van der Waals surface area contributed by atoms with Crippen molar-refractivity contribution >= 4 is 22.8 Å². The predicted octanol–water partition coefficient (Wildman–Crippen LogP) is 2.46. The lowest BCUT2D eigenvalue weighted by molar-refractivity contribution is 0.174.